The summed E-state index contributed by atoms with van der Waals surface area (Å²) in [6, 6.07) is 0. The first-order valence-corrected chi connectivity index (χ1v) is 2.68. The van der Waals surface area contributed by atoms with E-state index < -0.39 is 31.8 Å². The standard InChI is InChI=1S/C5H12O4.3Na.3H/c6-1-5(2-7,3-8)4-9;;;;;;/h6-9H,1-4H2;;;;;;/q;3*+1;3*-1. The van der Waals surface area contributed by atoms with Crippen molar-refractivity contribution in [2.24, 2.45) is 5.41 Å². The molecule has 0 saturated heterocycles. The van der Waals surface area contributed by atoms with Crippen molar-refractivity contribution in [1.29, 1.82) is 0 Å². The van der Waals surface area contributed by atoms with Crippen LogP contribution in [0.2, 0.25) is 0 Å². The van der Waals surface area contributed by atoms with E-state index in [0.717, 1.165) is 0 Å². The Hall–Kier alpha value is 2.84. The van der Waals surface area contributed by atoms with Crippen molar-refractivity contribution < 1.29 is 113 Å². The minimum atomic E-state index is -1.11. The van der Waals surface area contributed by atoms with E-state index in [1.165, 1.54) is 0 Å². The molecule has 0 heterocycles. The van der Waals surface area contributed by atoms with E-state index in [2.05, 4.69) is 0 Å². The molecule has 12 heavy (non-hydrogen) atoms. The maximum Gasteiger partial charge on any atom is 1.00 e. The van der Waals surface area contributed by atoms with Crippen molar-refractivity contribution >= 4 is 0 Å². The molecule has 0 aliphatic heterocycles. The molecule has 0 unspecified atom stereocenters. The molecule has 0 aliphatic rings. The fraction of sp³-hybridized carbons (Fsp3) is 1.00. The Morgan fingerprint density at radius 1 is 0.667 bits per heavy atom. The van der Waals surface area contributed by atoms with E-state index in [1.54, 1.807) is 0 Å². The number of aliphatic hydroxyl groups excluding tert-OH is 4. The van der Waals surface area contributed by atoms with Crippen LogP contribution < -0.4 is 88.7 Å². The van der Waals surface area contributed by atoms with Gasteiger partial charge in [0.05, 0.1) is 31.8 Å². The fourth-order valence-electron chi connectivity index (χ4n) is 0.300. The summed E-state index contributed by atoms with van der Waals surface area (Å²) in [5.74, 6) is 0. The molecule has 0 aromatic heterocycles. The fourth-order valence-corrected chi connectivity index (χ4v) is 0.300. The summed E-state index contributed by atoms with van der Waals surface area (Å²) in [4.78, 5) is 0. The summed E-state index contributed by atoms with van der Waals surface area (Å²) >= 11 is 0. The molecule has 0 aromatic carbocycles. The zero-order valence-corrected chi connectivity index (χ0v) is 14.1. The van der Waals surface area contributed by atoms with Crippen LogP contribution in [0.15, 0.2) is 0 Å². The van der Waals surface area contributed by atoms with Gasteiger partial charge in [-0.25, -0.2) is 0 Å². The molecule has 0 bridgehead atoms. The van der Waals surface area contributed by atoms with Gasteiger partial charge in [-0.1, -0.05) is 0 Å². The Morgan fingerprint density at radius 3 is 0.833 bits per heavy atom. The average Bonchev–Trinajstić information content (AvgIpc) is 1.95. The second-order valence-electron chi connectivity index (χ2n) is 2.13. The van der Waals surface area contributed by atoms with Gasteiger partial charge in [0.1, 0.15) is 0 Å². The van der Waals surface area contributed by atoms with Gasteiger partial charge in [-0.2, -0.15) is 0 Å². The summed E-state index contributed by atoms with van der Waals surface area (Å²) < 4.78 is 0. The second-order valence-corrected chi connectivity index (χ2v) is 2.13. The van der Waals surface area contributed by atoms with Crippen LogP contribution in [0.5, 0.6) is 0 Å². The molecule has 4 N–H and O–H groups in total. The zero-order valence-electron chi connectivity index (χ0n) is 11.1. The van der Waals surface area contributed by atoms with Crippen LogP contribution in [-0.4, -0.2) is 46.9 Å². The second kappa shape index (κ2) is 13.8. The zero-order chi connectivity index (χ0) is 7.33. The maximum absolute atomic E-state index is 8.50. The van der Waals surface area contributed by atoms with Gasteiger partial charge >= 0.3 is 88.7 Å². The molecule has 0 saturated carbocycles. The smallest absolute Gasteiger partial charge is 1.00 e. The Labute approximate surface area is 143 Å². The maximum atomic E-state index is 8.50. The minimum Gasteiger partial charge on any atom is -1.00 e. The van der Waals surface area contributed by atoms with E-state index in [-0.39, 0.29) is 93.0 Å². The molecule has 0 fully saturated rings. The van der Waals surface area contributed by atoms with Crippen molar-refractivity contribution in [2.45, 2.75) is 0 Å². The van der Waals surface area contributed by atoms with Gasteiger partial charge in [0, 0.05) is 0 Å². The van der Waals surface area contributed by atoms with Gasteiger partial charge in [-0.15, -0.1) is 0 Å². The van der Waals surface area contributed by atoms with E-state index >= 15 is 0 Å². The van der Waals surface area contributed by atoms with Crippen LogP contribution >= 0.6 is 0 Å². The first-order chi connectivity index (χ1) is 4.24. The Bertz CT molecular complexity index is 72.4. The van der Waals surface area contributed by atoms with Crippen molar-refractivity contribution in [3.63, 3.8) is 0 Å². The molecule has 0 amide bonds. The molecule has 4 nitrogen and oxygen atoms in total. The summed E-state index contributed by atoms with van der Waals surface area (Å²) in [5, 5.41) is 34.0. The van der Waals surface area contributed by atoms with E-state index in [4.69, 9.17) is 20.4 Å². The third-order valence-corrected chi connectivity index (χ3v) is 1.34. The van der Waals surface area contributed by atoms with Gasteiger partial charge in [-0.05, 0) is 0 Å². The van der Waals surface area contributed by atoms with Gasteiger partial charge in [0.15, 0.2) is 0 Å². The number of aliphatic hydroxyl groups is 4. The summed E-state index contributed by atoms with van der Waals surface area (Å²) in [6.45, 7) is -1.62. The quantitative estimate of drug-likeness (QED) is 0.346. The Kier molecular flexibility index (Phi) is 27.9. The molecular formula is C5H15Na3O4. The van der Waals surface area contributed by atoms with Gasteiger partial charge in [0.25, 0.3) is 0 Å². The Morgan fingerprint density at radius 2 is 0.833 bits per heavy atom. The third-order valence-electron chi connectivity index (χ3n) is 1.34. The summed E-state index contributed by atoms with van der Waals surface area (Å²) in [7, 11) is 0. The molecule has 0 atom stereocenters. The number of hydrogen-bond donors (Lipinski definition) is 4. The molecular weight excluding hydrogens is 193 g/mol. The van der Waals surface area contributed by atoms with Crippen molar-refractivity contribution in [1.82, 2.24) is 0 Å². The number of hydrogen-bond acceptors (Lipinski definition) is 4. The minimum absolute atomic E-state index is 0. The molecule has 62 valence electrons. The monoisotopic (exact) mass is 208 g/mol. The predicted octanol–water partition coefficient (Wildman–Crippen LogP) is -10.7. The topological polar surface area (TPSA) is 80.9 Å². The van der Waals surface area contributed by atoms with Gasteiger partial charge in [0.2, 0.25) is 0 Å². The summed E-state index contributed by atoms with van der Waals surface area (Å²) in [6.07, 6.45) is 0. The van der Waals surface area contributed by atoms with E-state index in [9.17, 15) is 0 Å². The largest absolute Gasteiger partial charge is 1.00 e. The molecule has 7 heteroatoms. The molecule has 0 radical (unpaired) electrons. The van der Waals surface area contributed by atoms with Crippen LogP contribution in [0.1, 0.15) is 4.28 Å². The first kappa shape index (κ1) is 24.2. The van der Waals surface area contributed by atoms with Gasteiger partial charge in [-0.3, -0.25) is 0 Å². The van der Waals surface area contributed by atoms with Crippen molar-refractivity contribution in [3.05, 3.63) is 0 Å². The van der Waals surface area contributed by atoms with E-state index in [1.807, 2.05) is 0 Å². The molecule has 0 aromatic rings. The van der Waals surface area contributed by atoms with Crippen LogP contribution in [0.3, 0.4) is 0 Å². The van der Waals surface area contributed by atoms with Crippen LogP contribution in [0, 0.1) is 5.41 Å². The van der Waals surface area contributed by atoms with Crippen LogP contribution in [0.4, 0.5) is 0 Å². The predicted molar refractivity (Wildman–Crippen MR) is 34.1 cm³/mol. The SMILES string of the molecule is OCC(CO)(CO)CO.[H-].[H-].[H-].[Na+].[Na+].[Na+]. The van der Waals surface area contributed by atoms with Crippen LogP contribution in [-0.2, 0) is 0 Å². The number of rotatable bonds is 4. The first-order valence-electron chi connectivity index (χ1n) is 2.68. The molecule has 0 spiro atoms. The van der Waals surface area contributed by atoms with E-state index in [0.29, 0.717) is 0 Å². The Balaban J connectivity index is -0.0000000213. The third kappa shape index (κ3) is 8.17. The molecule has 0 rings (SSSR count). The van der Waals surface area contributed by atoms with Crippen LogP contribution in [0.25, 0.3) is 0 Å². The van der Waals surface area contributed by atoms with Crippen molar-refractivity contribution in [2.75, 3.05) is 26.4 Å². The molecule has 0 aliphatic carbocycles. The normalized spacial score (nSPS) is 9.00. The average molecular weight is 208 g/mol. The van der Waals surface area contributed by atoms with Crippen molar-refractivity contribution in [3.8, 4) is 0 Å². The summed E-state index contributed by atoms with van der Waals surface area (Å²) in [5.41, 5.74) is -1.11. The van der Waals surface area contributed by atoms with Gasteiger partial charge < -0.3 is 24.7 Å².